The molecule has 3 aromatic rings. The highest BCUT2D eigenvalue weighted by Gasteiger charge is 2.30. The largest absolute Gasteiger partial charge is 0.486 e. The fourth-order valence-electron chi connectivity index (χ4n) is 3.36. The van der Waals surface area contributed by atoms with Crippen molar-refractivity contribution in [3.05, 3.63) is 48.0 Å². The fourth-order valence-corrected chi connectivity index (χ4v) is 3.36. The molecule has 0 bridgehead atoms. The van der Waals surface area contributed by atoms with Crippen LogP contribution in [-0.2, 0) is 9.59 Å². The fraction of sp³-hybridized carbons (Fsp3) is 0.190. The van der Waals surface area contributed by atoms with Gasteiger partial charge in [0.1, 0.15) is 13.2 Å². The van der Waals surface area contributed by atoms with Crippen molar-refractivity contribution in [2.75, 3.05) is 23.4 Å². The molecule has 3 heterocycles. The number of aromatic nitrogens is 2. The average Bonchev–Trinajstić information content (AvgIpc) is 3.39. The summed E-state index contributed by atoms with van der Waals surface area (Å²) in [5.74, 6) is 0.475. The molecule has 2 aromatic carbocycles. The number of fused-ring (bicyclic) bond motifs is 1. The number of carbonyl (C=O) groups is 3. The zero-order valence-corrected chi connectivity index (χ0v) is 16.2. The number of nitrogens with zero attached hydrogens (tertiary/aromatic N) is 3. The van der Waals surface area contributed by atoms with E-state index in [1.165, 1.54) is 12.1 Å². The topological polar surface area (TPSA) is 124 Å². The van der Waals surface area contributed by atoms with Crippen LogP contribution in [0.3, 0.4) is 0 Å². The minimum Gasteiger partial charge on any atom is -0.486 e. The number of amides is 3. The molecule has 156 valence electrons. The Balaban J connectivity index is 1.29. The molecular weight excluding hydrogens is 404 g/mol. The number of hydrogen-bond donors (Lipinski definition) is 1. The molecular formula is C21H16N4O6. The van der Waals surface area contributed by atoms with Gasteiger partial charge in [-0.2, -0.15) is 0 Å². The Kier molecular flexibility index (Phi) is 4.58. The zero-order valence-electron chi connectivity index (χ0n) is 16.2. The van der Waals surface area contributed by atoms with Crippen LogP contribution >= 0.6 is 0 Å². The van der Waals surface area contributed by atoms with E-state index in [4.69, 9.17) is 13.9 Å². The standard InChI is InChI=1S/C21H16N4O6/c26-17-7-8-18(27)25(17)14-4-1-12(2-5-14)19(28)22-21-24-23-20(31-21)13-3-6-15-16(11-13)30-10-9-29-15/h1-6,11H,7-10H2,(H,22,24,28). The third kappa shape index (κ3) is 3.59. The van der Waals surface area contributed by atoms with E-state index in [2.05, 4.69) is 15.5 Å². The average molecular weight is 420 g/mol. The number of nitrogens with one attached hydrogen (secondary N) is 1. The minimum absolute atomic E-state index is 0.0659. The van der Waals surface area contributed by atoms with Crippen LogP contribution in [0.15, 0.2) is 46.9 Å². The molecule has 0 radical (unpaired) electrons. The summed E-state index contributed by atoms with van der Waals surface area (Å²) in [6.07, 6.45) is 0.397. The SMILES string of the molecule is O=C(Nc1nnc(-c2ccc3c(c2)OCCO3)o1)c1ccc(N2C(=O)CCC2=O)cc1. The molecule has 10 nitrogen and oxygen atoms in total. The molecule has 3 amide bonds. The van der Waals surface area contributed by atoms with Crippen LogP contribution in [0.2, 0.25) is 0 Å². The molecule has 2 aliphatic rings. The van der Waals surface area contributed by atoms with Crippen molar-refractivity contribution < 1.29 is 28.3 Å². The van der Waals surface area contributed by atoms with E-state index in [1.807, 2.05) is 0 Å². The Hall–Kier alpha value is -4.21. The van der Waals surface area contributed by atoms with Crippen LogP contribution in [0.4, 0.5) is 11.7 Å². The minimum atomic E-state index is -0.469. The van der Waals surface area contributed by atoms with Gasteiger partial charge in [-0.1, -0.05) is 5.10 Å². The molecule has 0 saturated carbocycles. The van der Waals surface area contributed by atoms with Gasteiger partial charge in [0.25, 0.3) is 5.91 Å². The van der Waals surface area contributed by atoms with E-state index >= 15 is 0 Å². The summed E-state index contributed by atoms with van der Waals surface area (Å²) >= 11 is 0. The first kappa shape index (κ1) is 18.8. The lowest BCUT2D eigenvalue weighted by molar-refractivity contribution is -0.121. The van der Waals surface area contributed by atoms with E-state index in [0.717, 1.165) is 4.90 Å². The lowest BCUT2D eigenvalue weighted by Crippen LogP contribution is -2.28. The molecule has 10 heteroatoms. The van der Waals surface area contributed by atoms with Crippen LogP contribution in [0, 0.1) is 0 Å². The first-order valence-corrected chi connectivity index (χ1v) is 9.59. The Bertz CT molecular complexity index is 1170. The van der Waals surface area contributed by atoms with Gasteiger partial charge in [-0.05, 0) is 42.5 Å². The Morgan fingerprint density at radius 1 is 0.903 bits per heavy atom. The third-order valence-corrected chi connectivity index (χ3v) is 4.87. The van der Waals surface area contributed by atoms with Crippen molar-refractivity contribution in [2.24, 2.45) is 0 Å². The molecule has 1 saturated heterocycles. The van der Waals surface area contributed by atoms with Crippen molar-refractivity contribution in [2.45, 2.75) is 12.8 Å². The van der Waals surface area contributed by atoms with Gasteiger partial charge in [-0.15, -0.1) is 5.10 Å². The predicted molar refractivity (Wildman–Crippen MR) is 107 cm³/mol. The van der Waals surface area contributed by atoms with Gasteiger partial charge >= 0.3 is 6.01 Å². The maximum Gasteiger partial charge on any atom is 0.322 e. The number of ether oxygens (including phenoxy) is 2. The zero-order chi connectivity index (χ0) is 21.4. The van der Waals surface area contributed by atoms with E-state index < -0.39 is 5.91 Å². The molecule has 31 heavy (non-hydrogen) atoms. The quantitative estimate of drug-likeness (QED) is 0.638. The highest BCUT2D eigenvalue weighted by Crippen LogP contribution is 2.34. The lowest BCUT2D eigenvalue weighted by atomic mass is 10.2. The van der Waals surface area contributed by atoms with Crippen molar-refractivity contribution in [1.82, 2.24) is 10.2 Å². The molecule has 5 rings (SSSR count). The molecule has 1 aromatic heterocycles. The summed E-state index contributed by atoms with van der Waals surface area (Å²) in [5.41, 5.74) is 1.37. The highest BCUT2D eigenvalue weighted by molar-refractivity contribution is 6.20. The van der Waals surface area contributed by atoms with Gasteiger partial charge in [0.05, 0.1) is 5.69 Å². The number of anilines is 2. The second kappa shape index (κ2) is 7.56. The predicted octanol–water partition coefficient (Wildman–Crippen LogP) is 2.41. The van der Waals surface area contributed by atoms with Crippen LogP contribution in [0.25, 0.3) is 11.5 Å². The van der Waals surface area contributed by atoms with Crippen LogP contribution < -0.4 is 19.7 Å². The van der Waals surface area contributed by atoms with Gasteiger partial charge in [-0.3, -0.25) is 24.6 Å². The maximum absolute atomic E-state index is 12.5. The highest BCUT2D eigenvalue weighted by atomic mass is 16.6. The number of hydrogen-bond acceptors (Lipinski definition) is 8. The van der Waals surface area contributed by atoms with Crippen molar-refractivity contribution in [3.63, 3.8) is 0 Å². The molecule has 2 aliphatic heterocycles. The van der Waals surface area contributed by atoms with Crippen LogP contribution in [0.1, 0.15) is 23.2 Å². The number of carbonyl (C=O) groups excluding carboxylic acids is 3. The summed E-state index contributed by atoms with van der Waals surface area (Å²) in [5, 5.41) is 10.3. The van der Waals surface area contributed by atoms with E-state index in [9.17, 15) is 14.4 Å². The van der Waals surface area contributed by atoms with E-state index in [1.54, 1.807) is 30.3 Å². The van der Waals surface area contributed by atoms with Crippen LogP contribution in [-0.4, -0.2) is 41.1 Å². The molecule has 0 spiro atoms. The van der Waals surface area contributed by atoms with Gasteiger partial charge < -0.3 is 13.9 Å². The monoisotopic (exact) mass is 420 g/mol. The van der Waals surface area contributed by atoms with E-state index in [0.29, 0.717) is 41.5 Å². The molecule has 0 unspecified atom stereocenters. The first-order valence-electron chi connectivity index (χ1n) is 9.59. The molecule has 0 aliphatic carbocycles. The van der Waals surface area contributed by atoms with Crippen molar-refractivity contribution >= 4 is 29.4 Å². The van der Waals surface area contributed by atoms with Crippen LogP contribution in [0.5, 0.6) is 11.5 Å². The normalized spacial score (nSPS) is 15.3. The van der Waals surface area contributed by atoms with E-state index in [-0.39, 0.29) is 36.6 Å². The number of rotatable bonds is 4. The summed E-state index contributed by atoms with van der Waals surface area (Å²) in [7, 11) is 0. The lowest BCUT2D eigenvalue weighted by Gasteiger charge is -2.18. The van der Waals surface area contributed by atoms with Gasteiger partial charge in [0.2, 0.25) is 17.7 Å². The third-order valence-electron chi connectivity index (χ3n) is 4.87. The summed E-state index contributed by atoms with van der Waals surface area (Å²) in [6, 6.07) is 11.3. The first-order chi connectivity index (χ1) is 15.1. The van der Waals surface area contributed by atoms with Gasteiger partial charge in [0, 0.05) is 24.0 Å². The summed E-state index contributed by atoms with van der Waals surface area (Å²) < 4.78 is 16.6. The summed E-state index contributed by atoms with van der Waals surface area (Å²) in [6.45, 7) is 0.954. The number of imide groups is 1. The second-order valence-electron chi connectivity index (χ2n) is 6.89. The Morgan fingerprint density at radius 3 is 2.35 bits per heavy atom. The number of benzene rings is 2. The second-order valence-corrected chi connectivity index (χ2v) is 6.89. The van der Waals surface area contributed by atoms with Gasteiger partial charge in [0.15, 0.2) is 11.5 Å². The summed E-state index contributed by atoms with van der Waals surface area (Å²) in [4.78, 5) is 37.3. The maximum atomic E-state index is 12.5. The van der Waals surface area contributed by atoms with Crippen molar-refractivity contribution in [1.29, 1.82) is 0 Å². The smallest absolute Gasteiger partial charge is 0.322 e. The molecule has 1 fully saturated rings. The Labute approximate surface area is 175 Å². The molecule has 0 atom stereocenters. The molecule has 1 N–H and O–H groups in total. The van der Waals surface area contributed by atoms with Crippen molar-refractivity contribution in [3.8, 4) is 23.0 Å². The Morgan fingerprint density at radius 2 is 1.61 bits per heavy atom. The van der Waals surface area contributed by atoms with Gasteiger partial charge in [-0.25, -0.2) is 0 Å².